The van der Waals surface area contributed by atoms with Gasteiger partial charge in [0.15, 0.2) is 9.84 Å². The SMILES string of the molecule is CCNC(C1CCC1)C(C)S(C)(=O)=O. The Balaban J connectivity index is 2.66. The highest BCUT2D eigenvalue weighted by atomic mass is 32.2. The Labute approximate surface area is 87.2 Å². The van der Waals surface area contributed by atoms with Crippen molar-refractivity contribution in [1.82, 2.24) is 5.32 Å². The van der Waals surface area contributed by atoms with Crippen molar-refractivity contribution in [3.63, 3.8) is 0 Å². The van der Waals surface area contributed by atoms with E-state index in [1.807, 2.05) is 13.8 Å². The molecule has 1 rings (SSSR count). The standard InChI is InChI=1S/C10H21NO2S/c1-4-11-10(9-6-5-7-9)8(2)14(3,12)13/h8-11H,4-7H2,1-3H3. The Morgan fingerprint density at radius 3 is 2.29 bits per heavy atom. The molecule has 0 aromatic rings. The topological polar surface area (TPSA) is 46.2 Å². The number of hydrogen-bond donors (Lipinski definition) is 1. The van der Waals surface area contributed by atoms with Crippen LogP contribution in [0.15, 0.2) is 0 Å². The van der Waals surface area contributed by atoms with E-state index in [-0.39, 0.29) is 11.3 Å². The van der Waals surface area contributed by atoms with Crippen molar-refractivity contribution in [2.45, 2.75) is 44.4 Å². The van der Waals surface area contributed by atoms with Crippen molar-refractivity contribution in [3.8, 4) is 0 Å². The molecule has 0 aromatic heterocycles. The quantitative estimate of drug-likeness (QED) is 0.755. The number of rotatable bonds is 5. The van der Waals surface area contributed by atoms with E-state index < -0.39 is 9.84 Å². The zero-order valence-electron chi connectivity index (χ0n) is 9.29. The fourth-order valence-electron chi connectivity index (χ4n) is 2.02. The zero-order valence-corrected chi connectivity index (χ0v) is 10.1. The minimum atomic E-state index is -2.91. The molecule has 0 amide bonds. The molecule has 4 heteroatoms. The van der Waals surface area contributed by atoms with Gasteiger partial charge in [0, 0.05) is 12.3 Å². The van der Waals surface area contributed by atoms with E-state index in [2.05, 4.69) is 5.32 Å². The molecule has 1 N–H and O–H groups in total. The predicted octanol–water partition coefficient (Wildman–Crippen LogP) is 1.20. The third-order valence-electron chi connectivity index (χ3n) is 3.28. The fraction of sp³-hybridized carbons (Fsp3) is 1.00. The van der Waals surface area contributed by atoms with Gasteiger partial charge >= 0.3 is 0 Å². The van der Waals surface area contributed by atoms with Gasteiger partial charge in [-0.25, -0.2) is 8.42 Å². The molecule has 1 fully saturated rings. The van der Waals surface area contributed by atoms with Crippen LogP contribution in [0.3, 0.4) is 0 Å². The Bertz CT molecular complexity index is 270. The minimum absolute atomic E-state index is 0.156. The summed E-state index contributed by atoms with van der Waals surface area (Å²) >= 11 is 0. The summed E-state index contributed by atoms with van der Waals surface area (Å²) in [6.45, 7) is 4.70. The molecular weight excluding hydrogens is 198 g/mol. The van der Waals surface area contributed by atoms with Crippen LogP contribution in [0.2, 0.25) is 0 Å². The Hall–Kier alpha value is -0.0900. The van der Waals surface area contributed by atoms with Crippen LogP contribution in [0.4, 0.5) is 0 Å². The summed E-state index contributed by atoms with van der Waals surface area (Å²) < 4.78 is 22.9. The van der Waals surface area contributed by atoms with Gasteiger partial charge in [0.2, 0.25) is 0 Å². The Morgan fingerprint density at radius 1 is 1.43 bits per heavy atom. The van der Waals surface area contributed by atoms with Gasteiger partial charge in [-0.15, -0.1) is 0 Å². The van der Waals surface area contributed by atoms with E-state index in [0.717, 1.165) is 6.54 Å². The number of hydrogen-bond acceptors (Lipinski definition) is 3. The summed E-state index contributed by atoms with van der Waals surface area (Å²) in [5.74, 6) is 0.569. The van der Waals surface area contributed by atoms with Gasteiger partial charge in [-0.1, -0.05) is 13.3 Å². The first-order valence-electron chi connectivity index (χ1n) is 5.39. The van der Waals surface area contributed by atoms with Crippen molar-refractivity contribution in [2.75, 3.05) is 12.8 Å². The van der Waals surface area contributed by atoms with Crippen LogP contribution < -0.4 is 5.32 Å². The monoisotopic (exact) mass is 219 g/mol. The molecule has 0 radical (unpaired) electrons. The molecule has 0 aliphatic heterocycles. The first-order valence-corrected chi connectivity index (χ1v) is 7.34. The van der Waals surface area contributed by atoms with E-state index >= 15 is 0 Å². The predicted molar refractivity (Wildman–Crippen MR) is 59.1 cm³/mol. The Morgan fingerprint density at radius 2 is 2.00 bits per heavy atom. The Kier molecular flexibility index (Phi) is 3.95. The van der Waals surface area contributed by atoms with E-state index in [1.54, 1.807) is 0 Å². The molecule has 1 saturated carbocycles. The second-order valence-corrected chi connectivity index (χ2v) is 6.71. The maximum absolute atomic E-state index is 11.5. The van der Waals surface area contributed by atoms with Gasteiger partial charge in [0.1, 0.15) is 0 Å². The van der Waals surface area contributed by atoms with E-state index in [1.165, 1.54) is 25.5 Å². The smallest absolute Gasteiger partial charge is 0.151 e. The largest absolute Gasteiger partial charge is 0.313 e. The van der Waals surface area contributed by atoms with Crippen LogP contribution in [0, 0.1) is 5.92 Å². The van der Waals surface area contributed by atoms with Crippen molar-refractivity contribution in [3.05, 3.63) is 0 Å². The molecule has 1 aliphatic carbocycles. The maximum Gasteiger partial charge on any atom is 0.151 e. The molecule has 14 heavy (non-hydrogen) atoms. The first kappa shape index (κ1) is 12.0. The normalized spacial score (nSPS) is 22.8. The first-order chi connectivity index (χ1) is 6.46. The van der Waals surface area contributed by atoms with E-state index in [0.29, 0.717) is 5.92 Å². The van der Waals surface area contributed by atoms with Gasteiger partial charge in [-0.2, -0.15) is 0 Å². The van der Waals surface area contributed by atoms with E-state index in [4.69, 9.17) is 0 Å². The summed E-state index contributed by atoms with van der Waals surface area (Å²) in [5, 5.41) is 3.05. The van der Waals surface area contributed by atoms with Gasteiger partial charge in [0.05, 0.1) is 5.25 Å². The lowest BCUT2D eigenvalue weighted by Crippen LogP contribution is -2.49. The second kappa shape index (κ2) is 4.62. The van der Waals surface area contributed by atoms with Crippen LogP contribution in [-0.2, 0) is 9.84 Å². The number of nitrogens with one attached hydrogen (secondary N) is 1. The summed E-state index contributed by atoms with van der Waals surface area (Å²) in [6.07, 6.45) is 4.94. The zero-order chi connectivity index (χ0) is 10.8. The van der Waals surface area contributed by atoms with Gasteiger partial charge in [-0.3, -0.25) is 0 Å². The van der Waals surface area contributed by atoms with Gasteiger partial charge in [0.25, 0.3) is 0 Å². The van der Waals surface area contributed by atoms with E-state index in [9.17, 15) is 8.42 Å². The van der Waals surface area contributed by atoms with Crippen LogP contribution in [0.5, 0.6) is 0 Å². The average molecular weight is 219 g/mol. The molecular formula is C10H21NO2S. The fourth-order valence-corrected chi connectivity index (χ4v) is 2.87. The van der Waals surface area contributed by atoms with Crippen molar-refractivity contribution in [1.29, 1.82) is 0 Å². The second-order valence-electron chi connectivity index (χ2n) is 4.31. The van der Waals surface area contributed by atoms with Crippen LogP contribution in [-0.4, -0.2) is 32.5 Å². The lowest BCUT2D eigenvalue weighted by molar-refractivity contribution is 0.227. The molecule has 84 valence electrons. The highest BCUT2D eigenvalue weighted by Crippen LogP contribution is 2.32. The molecule has 1 aliphatic rings. The maximum atomic E-state index is 11.5. The third kappa shape index (κ3) is 2.70. The molecule has 0 bridgehead atoms. The average Bonchev–Trinajstić information content (AvgIpc) is 1.97. The molecule has 0 spiro atoms. The van der Waals surface area contributed by atoms with Crippen molar-refractivity contribution < 1.29 is 8.42 Å². The third-order valence-corrected chi connectivity index (χ3v) is 4.92. The molecule has 2 atom stereocenters. The lowest BCUT2D eigenvalue weighted by atomic mass is 9.78. The molecule has 0 aromatic carbocycles. The van der Waals surface area contributed by atoms with Crippen molar-refractivity contribution >= 4 is 9.84 Å². The highest BCUT2D eigenvalue weighted by molar-refractivity contribution is 7.91. The molecule has 0 heterocycles. The van der Waals surface area contributed by atoms with Crippen molar-refractivity contribution in [2.24, 2.45) is 5.92 Å². The van der Waals surface area contributed by atoms with Crippen LogP contribution >= 0.6 is 0 Å². The summed E-state index contributed by atoms with van der Waals surface area (Å²) in [7, 11) is -2.91. The molecule has 0 saturated heterocycles. The van der Waals surface area contributed by atoms with Gasteiger partial charge in [-0.05, 0) is 32.2 Å². The summed E-state index contributed by atoms with van der Waals surface area (Å²) in [6, 6.07) is 0.156. The summed E-state index contributed by atoms with van der Waals surface area (Å²) in [4.78, 5) is 0. The lowest BCUT2D eigenvalue weighted by Gasteiger charge is -2.37. The van der Waals surface area contributed by atoms with Gasteiger partial charge < -0.3 is 5.32 Å². The molecule has 2 unspecified atom stereocenters. The summed E-state index contributed by atoms with van der Waals surface area (Å²) in [5.41, 5.74) is 0. The van der Waals surface area contributed by atoms with Crippen LogP contribution in [0.1, 0.15) is 33.1 Å². The van der Waals surface area contributed by atoms with Crippen LogP contribution in [0.25, 0.3) is 0 Å². The minimum Gasteiger partial charge on any atom is -0.313 e. The molecule has 3 nitrogen and oxygen atoms in total. The number of sulfone groups is 1. The highest BCUT2D eigenvalue weighted by Gasteiger charge is 2.34.